The van der Waals surface area contributed by atoms with Gasteiger partial charge in [-0.25, -0.2) is 4.98 Å². The zero-order chi connectivity index (χ0) is 22.6. The number of rotatable bonds is 5. The van der Waals surface area contributed by atoms with Gasteiger partial charge in [0.15, 0.2) is 0 Å². The molecule has 170 valence electrons. The zero-order valence-corrected chi connectivity index (χ0v) is 18.8. The van der Waals surface area contributed by atoms with Gasteiger partial charge in [-0.1, -0.05) is 30.3 Å². The Kier molecular flexibility index (Phi) is 6.74. The molecule has 7 heteroatoms. The van der Waals surface area contributed by atoms with Gasteiger partial charge in [0, 0.05) is 38.7 Å². The first-order valence-corrected chi connectivity index (χ1v) is 11.5. The summed E-state index contributed by atoms with van der Waals surface area (Å²) in [4.78, 5) is 33.6. The van der Waals surface area contributed by atoms with Crippen LogP contribution in [0.3, 0.4) is 0 Å². The summed E-state index contributed by atoms with van der Waals surface area (Å²) in [7, 11) is 0. The maximum atomic E-state index is 13.2. The van der Waals surface area contributed by atoms with Crippen molar-refractivity contribution in [2.75, 3.05) is 31.9 Å². The Morgan fingerprint density at radius 1 is 1.09 bits per heavy atom. The number of anilines is 1. The van der Waals surface area contributed by atoms with Crippen LogP contribution < -0.4 is 11.1 Å². The highest BCUT2D eigenvalue weighted by molar-refractivity contribution is 5.79. The van der Waals surface area contributed by atoms with Gasteiger partial charge in [0.05, 0.1) is 5.54 Å². The molecule has 2 aliphatic heterocycles. The summed E-state index contributed by atoms with van der Waals surface area (Å²) in [6.07, 6.45) is 4.99. The quantitative estimate of drug-likeness (QED) is 0.753. The Bertz CT molecular complexity index is 932. The van der Waals surface area contributed by atoms with Gasteiger partial charge in [0.1, 0.15) is 5.82 Å². The lowest BCUT2D eigenvalue weighted by molar-refractivity contribution is -0.139. The van der Waals surface area contributed by atoms with E-state index in [9.17, 15) is 9.59 Å². The average molecular weight is 436 g/mol. The number of benzene rings is 1. The molecule has 0 spiro atoms. The van der Waals surface area contributed by atoms with E-state index in [0.717, 1.165) is 56.4 Å². The van der Waals surface area contributed by atoms with Crippen molar-refractivity contribution in [2.45, 2.75) is 44.7 Å². The molecular formula is C25H33N5O2. The van der Waals surface area contributed by atoms with E-state index in [1.54, 1.807) is 13.1 Å². The first-order chi connectivity index (χ1) is 15.4. The summed E-state index contributed by atoms with van der Waals surface area (Å²) in [5.74, 6) is 0.863. The number of nitrogens with one attached hydrogen (secondary N) is 1. The van der Waals surface area contributed by atoms with E-state index < -0.39 is 0 Å². The van der Waals surface area contributed by atoms with Crippen LogP contribution in [0.4, 0.5) is 5.82 Å². The summed E-state index contributed by atoms with van der Waals surface area (Å²) in [6, 6.07) is 14.0. The third-order valence-electron chi connectivity index (χ3n) is 6.86. The Morgan fingerprint density at radius 3 is 2.41 bits per heavy atom. The molecule has 4 rings (SSSR count). The van der Waals surface area contributed by atoms with Crippen LogP contribution in [0.1, 0.15) is 43.7 Å². The topological polar surface area (TPSA) is 91.6 Å². The molecule has 7 nitrogen and oxygen atoms in total. The molecule has 0 atom stereocenters. The number of aromatic nitrogens is 1. The van der Waals surface area contributed by atoms with Crippen LogP contribution in [0, 0.1) is 5.92 Å². The molecule has 0 unspecified atom stereocenters. The zero-order valence-electron chi connectivity index (χ0n) is 18.8. The van der Waals surface area contributed by atoms with Gasteiger partial charge in [0.2, 0.25) is 11.8 Å². The Morgan fingerprint density at radius 2 is 1.78 bits per heavy atom. The monoisotopic (exact) mass is 435 g/mol. The van der Waals surface area contributed by atoms with E-state index in [2.05, 4.69) is 27.3 Å². The number of likely N-dealkylation sites (tertiary alicyclic amines) is 2. The number of hydrogen-bond donors (Lipinski definition) is 2. The Labute approximate surface area is 190 Å². The summed E-state index contributed by atoms with van der Waals surface area (Å²) < 4.78 is 0. The smallest absolute Gasteiger partial charge is 0.225 e. The maximum absolute atomic E-state index is 13.2. The molecule has 1 aromatic carbocycles. The predicted molar refractivity (Wildman–Crippen MR) is 124 cm³/mol. The molecule has 0 aliphatic carbocycles. The first kappa shape index (κ1) is 22.3. The molecule has 3 N–H and O–H groups in total. The Balaban J connectivity index is 1.32. The van der Waals surface area contributed by atoms with Crippen molar-refractivity contribution < 1.29 is 9.59 Å². The van der Waals surface area contributed by atoms with Gasteiger partial charge in [-0.15, -0.1) is 0 Å². The number of pyridine rings is 1. The summed E-state index contributed by atoms with van der Waals surface area (Å²) in [6.45, 7) is 5.57. The predicted octanol–water partition coefficient (Wildman–Crippen LogP) is 2.53. The number of carbonyl (C=O) groups is 2. The van der Waals surface area contributed by atoms with Crippen molar-refractivity contribution >= 4 is 17.6 Å². The van der Waals surface area contributed by atoms with Crippen LogP contribution in [-0.4, -0.2) is 52.8 Å². The lowest BCUT2D eigenvalue weighted by Crippen LogP contribution is -2.54. The second-order valence-corrected chi connectivity index (χ2v) is 9.09. The molecular weight excluding hydrogens is 402 g/mol. The van der Waals surface area contributed by atoms with E-state index in [-0.39, 0.29) is 23.3 Å². The van der Waals surface area contributed by atoms with Crippen molar-refractivity contribution in [3.05, 3.63) is 59.8 Å². The fourth-order valence-corrected chi connectivity index (χ4v) is 5.14. The van der Waals surface area contributed by atoms with Crippen LogP contribution in [-0.2, 0) is 21.7 Å². The van der Waals surface area contributed by atoms with E-state index in [1.807, 2.05) is 35.2 Å². The fourth-order valence-electron chi connectivity index (χ4n) is 5.14. The minimum Gasteiger partial charge on any atom is -0.384 e. The average Bonchev–Trinajstić information content (AvgIpc) is 2.80. The van der Waals surface area contributed by atoms with E-state index in [1.165, 1.54) is 0 Å². The van der Waals surface area contributed by atoms with Crippen molar-refractivity contribution in [1.82, 2.24) is 20.1 Å². The van der Waals surface area contributed by atoms with Crippen molar-refractivity contribution in [1.29, 1.82) is 0 Å². The molecule has 0 saturated carbocycles. The second kappa shape index (κ2) is 9.69. The van der Waals surface area contributed by atoms with Crippen molar-refractivity contribution in [3.8, 4) is 0 Å². The lowest BCUT2D eigenvalue weighted by atomic mass is 9.80. The standard InChI is InChI=1S/C25H33N5O2/c1-19(31)28-25(22-5-3-2-4-6-22)10-15-30(16-11-25)24(32)21-8-13-29(14-9-21)18-20-7-12-27-23(26)17-20/h2-7,12,17,21H,8-11,13-16,18H2,1H3,(H2,26,27)(H,28,31). The van der Waals surface area contributed by atoms with Crippen LogP contribution in [0.25, 0.3) is 0 Å². The van der Waals surface area contributed by atoms with Gasteiger partial charge in [0.25, 0.3) is 0 Å². The number of carbonyl (C=O) groups excluding carboxylic acids is 2. The van der Waals surface area contributed by atoms with Gasteiger partial charge in [-0.05, 0) is 62.0 Å². The number of nitrogens with zero attached hydrogens (tertiary/aromatic N) is 3. The van der Waals surface area contributed by atoms with Crippen molar-refractivity contribution in [3.63, 3.8) is 0 Å². The minimum atomic E-state index is -0.389. The first-order valence-electron chi connectivity index (χ1n) is 11.5. The molecule has 1 aromatic heterocycles. The minimum absolute atomic E-state index is 0.0306. The van der Waals surface area contributed by atoms with Crippen molar-refractivity contribution in [2.24, 2.45) is 5.92 Å². The Hall–Kier alpha value is -2.93. The maximum Gasteiger partial charge on any atom is 0.225 e. The third kappa shape index (κ3) is 5.10. The molecule has 2 aliphatic rings. The normalized spacial score (nSPS) is 19.5. The molecule has 2 aromatic rings. The van der Waals surface area contributed by atoms with Crippen LogP contribution in [0.2, 0.25) is 0 Å². The molecule has 0 radical (unpaired) electrons. The third-order valence-corrected chi connectivity index (χ3v) is 6.86. The molecule has 32 heavy (non-hydrogen) atoms. The second-order valence-electron chi connectivity index (χ2n) is 9.09. The van der Waals surface area contributed by atoms with E-state index in [0.29, 0.717) is 18.9 Å². The largest absolute Gasteiger partial charge is 0.384 e. The SMILES string of the molecule is CC(=O)NC1(c2ccccc2)CCN(C(=O)C2CCN(Cc3ccnc(N)c3)CC2)CC1. The highest BCUT2D eigenvalue weighted by atomic mass is 16.2. The van der Waals surface area contributed by atoms with Gasteiger partial charge >= 0.3 is 0 Å². The van der Waals surface area contributed by atoms with Crippen LogP contribution >= 0.6 is 0 Å². The molecule has 2 saturated heterocycles. The van der Waals surface area contributed by atoms with E-state index >= 15 is 0 Å². The molecule has 0 bridgehead atoms. The number of piperidine rings is 2. The molecule has 3 heterocycles. The van der Waals surface area contributed by atoms with Gasteiger partial charge in [-0.3, -0.25) is 14.5 Å². The number of hydrogen-bond acceptors (Lipinski definition) is 5. The van der Waals surface area contributed by atoms with E-state index in [4.69, 9.17) is 5.73 Å². The van der Waals surface area contributed by atoms with Gasteiger partial charge in [-0.2, -0.15) is 0 Å². The number of nitrogens with two attached hydrogens (primary N) is 1. The highest BCUT2D eigenvalue weighted by Crippen LogP contribution is 2.34. The van der Waals surface area contributed by atoms with Crippen LogP contribution in [0.5, 0.6) is 0 Å². The lowest BCUT2D eigenvalue weighted by Gasteiger charge is -2.44. The molecule has 2 fully saturated rings. The summed E-state index contributed by atoms with van der Waals surface area (Å²) >= 11 is 0. The number of nitrogen functional groups attached to an aromatic ring is 1. The fraction of sp³-hybridized carbons (Fsp3) is 0.480. The highest BCUT2D eigenvalue weighted by Gasteiger charge is 2.39. The van der Waals surface area contributed by atoms with Gasteiger partial charge < -0.3 is 16.0 Å². The number of amides is 2. The van der Waals surface area contributed by atoms with Crippen LogP contribution in [0.15, 0.2) is 48.7 Å². The molecule has 2 amide bonds. The summed E-state index contributed by atoms with van der Waals surface area (Å²) in [5.41, 5.74) is 7.68. The summed E-state index contributed by atoms with van der Waals surface area (Å²) in [5, 5.41) is 3.19.